The molecule has 1 aromatic carbocycles. The van der Waals surface area contributed by atoms with Crippen molar-refractivity contribution in [1.29, 1.82) is 0 Å². The second-order valence-corrected chi connectivity index (χ2v) is 7.72. The number of rotatable bonds is 5. The number of fused-ring (bicyclic) bond motifs is 1. The standard InChI is InChI=1S/C19H16ClN3O2S/c1-23(10-14-3-2-8-25-14)11-17-21-15-9-16(26-18(15)19(24)22-17)12-4-6-13(20)7-5-12/h2-9H,10-11H2,1H3,(H,21,22,24)/p+1. The van der Waals surface area contributed by atoms with Gasteiger partial charge in [0.1, 0.15) is 17.8 Å². The molecule has 1 atom stereocenters. The van der Waals surface area contributed by atoms with Gasteiger partial charge < -0.3 is 14.3 Å². The second kappa shape index (κ2) is 7.07. The summed E-state index contributed by atoms with van der Waals surface area (Å²) in [6.45, 7) is 1.34. The van der Waals surface area contributed by atoms with Crippen molar-refractivity contribution in [2.45, 2.75) is 13.1 Å². The molecule has 0 aliphatic carbocycles. The first kappa shape index (κ1) is 17.0. The number of hydrogen-bond donors (Lipinski definition) is 2. The van der Waals surface area contributed by atoms with Crippen molar-refractivity contribution in [3.05, 3.63) is 75.7 Å². The molecule has 0 aliphatic heterocycles. The third-order valence-corrected chi connectivity index (χ3v) is 5.51. The van der Waals surface area contributed by atoms with Gasteiger partial charge in [-0.2, -0.15) is 0 Å². The lowest BCUT2D eigenvalue weighted by molar-refractivity contribution is -0.909. The van der Waals surface area contributed by atoms with Crippen molar-refractivity contribution in [3.63, 3.8) is 0 Å². The highest BCUT2D eigenvalue weighted by atomic mass is 35.5. The molecule has 0 fully saturated rings. The summed E-state index contributed by atoms with van der Waals surface area (Å²) in [5.41, 5.74) is 1.66. The zero-order valence-corrected chi connectivity index (χ0v) is 15.7. The summed E-state index contributed by atoms with van der Waals surface area (Å²) < 4.78 is 6.02. The van der Waals surface area contributed by atoms with Crippen LogP contribution in [-0.2, 0) is 13.1 Å². The predicted molar refractivity (Wildman–Crippen MR) is 104 cm³/mol. The van der Waals surface area contributed by atoms with Crippen LogP contribution in [0.15, 0.2) is 57.9 Å². The monoisotopic (exact) mass is 386 g/mol. The molecule has 0 spiro atoms. The van der Waals surface area contributed by atoms with E-state index in [4.69, 9.17) is 16.0 Å². The van der Waals surface area contributed by atoms with Gasteiger partial charge in [0.15, 0.2) is 11.6 Å². The topological polar surface area (TPSA) is 63.3 Å². The maximum absolute atomic E-state index is 12.5. The number of thiophene rings is 1. The number of halogens is 1. The molecule has 7 heteroatoms. The van der Waals surface area contributed by atoms with Gasteiger partial charge in [-0.25, -0.2) is 4.98 Å². The summed E-state index contributed by atoms with van der Waals surface area (Å²) in [6, 6.07) is 13.4. The van der Waals surface area contributed by atoms with Crippen molar-refractivity contribution >= 4 is 33.2 Å². The molecule has 0 bridgehead atoms. The molecule has 0 amide bonds. The first-order valence-electron chi connectivity index (χ1n) is 8.21. The fourth-order valence-electron chi connectivity index (χ4n) is 2.89. The summed E-state index contributed by atoms with van der Waals surface area (Å²) in [7, 11) is 2.04. The van der Waals surface area contributed by atoms with E-state index in [1.807, 2.05) is 49.5 Å². The van der Waals surface area contributed by atoms with E-state index in [2.05, 4.69) is 9.97 Å². The van der Waals surface area contributed by atoms with Crippen LogP contribution < -0.4 is 10.5 Å². The first-order chi connectivity index (χ1) is 12.6. The fraction of sp³-hybridized carbons (Fsp3) is 0.158. The Hall–Kier alpha value is -2.41. The van der Waals surface area contributed by atoms with Crippen LogP contribution in [0.3, 0.4) is 0 Å². The van der Waals surface area contributed by atoms with Gasteiger partial charge >= 0.3 is 0 Å². The normalized spacial score (nSPS) is 12.5. The van der Waals surface area contributed by atoms with E-state index in [0.717, 1.165) is 28.3 Å². The summed E-state index contributed by atoms with van der Waals surface area (Å²) in [5.74, 6) is 1.58. The SMILES string of the molecule is C[NH+](Cc1nc2cc(-c3ccc(Cl)cc3)sc2c(=O)[nH]1)Cc1ccco1. The minimum atomic E-state index is -0.0963. The molecular weight excluding hydrogens is 370 g/mol. The van der Waals surface area contributed by atoms with Crippen LogP contribution in [0.1, 0.15) is 11.6 Å². The van der Waals surface area contributed by atoms with Gasteiger partial charge in [-0.1, -0.05) is 23.7 Å². The van der Waals surface area contributed by atoms with Crippen LogP contribution in [0, 0.1) is 0 Å². The number of aromatic nitrogens is 2. The zero-order chi connectivity index (χ0) is 18.1. The number of nitrogens with one attached hydrogen (secondary N) is 2. The van der Waals surface area contributed by atoms with E-state index in [1.54, 1.807) is 6.26 Å². The van der Waals surface area contributed by atoms with E-state index >= 15 is 0 Å². The number of H-pyrrole nitrogens is 1. The number of benzene rings is 1. The minimum Gasteiger partial charge on any atom is -0.463 e. The highest BCUT2D eigenvalue weighted by molar-refractivity contribution is 7.22. The average molecular weight is 387 g/mol. The molecule has 3 aromatic heterocycles. The van der Waals surface area contributed by atoms with Crippen LogP contribution in [0.5, 0.6) is 0 Å². The summed E-state index contributed by atoms with van der Waals surface area (Å²) in [6.07, 6.45) is 1.67. The van der Waals surface area contributed by atoms with E-state index in [-0.39, 0.29) is 5.56 Å². The van der Waals surface area contributed by atoms with Crippen molar-refractivity contribution in [2.24, 2.45) is 0 Å². The number of nitrogens with zero attached hydrogens (tertiary/aromatic N) is 1. The maximum Gasteiger partial charge on any atom is 0.269 e. The Kier molecular flexibility index (Phi) is 4.63. The number of hydrogen-bond acceptors (Lipinski definition) is 4. The summed E-state index contributed by atoms with van der Waals surface area (Å²) in [4.78, 5) is 22.2. The molecule has 5 nitrogen and oxygen atoms in total. The van der Waals surface area contributed by atoms with Crippen LogP contribution in [0.2, 0.25) is 5.02 Å². The lowest BCUT2D eigenvalue weighted by Crippen LogP contribution is -3.06. The van der Waals surface area contributed by atoms with E-state index in [0.29, 0.717) is 22.1 Å². The van der Waals surface area contributed by atoms with E-state index < -0.39 is 0 Å². The summed E-state index contributed by atoms with van der Waals surface area (Å²) in [5, 5.41) is 0.690. The van der Waals surface area contributed by atoms with Gasteiger partial charge in [0.25, 0.3) is 5.56 Å². The quantitative estimate of drug-likeness (QED) is 0.554. The molecule has 26 heavy (non-hydrogen) atoms. The largest absolute Gasteiger partial charge is 0.463 e. The Labute approximate surface area is 158 Å². The average Bonchev–Trinajstić information content (AvgIpc) is 3.25. The molecule has 1 unspecified atom stereocenters. The highest BCUT2D eigenvalue weighted by Gasteiger charge is 2.13. The molecule has 0 saturated heterocycles. The molecule has 0 aliphatic rings. The van der Waals surface area contributed by atoms with Crippen LogP contribution in [0.25, 0.3) is 20.7 Å². The van der Waals surface area contributed by atoms with Gasteiger partial charge in [0.05, 0.1) is 18.8 Å². The zero-order valence-electron chi connectivity index (χ0n) is 14.1. The highest BCUT2D eigenvalue weighted by Crippen LogP contribution is 2.31. The maximum atomic E-state index is 12.5. The molecule has 4 rings (SSSR count). The number of aromatic amines is 1. The fourth-order valence-corrected chi connectivity index (χ4v) is 4.01. The van der Waals surface area contributed by atoms with Crippen molar-refractivity contribution < 1.29 is 9.32 Å². The van der Waals surface area contributed by atoms with E-state index in [1.165, 1.54) is 16.2 Å². The summed E-state index contributed by atoms with van der Waals surface area (Å²) >= 11 is 7.39. The van der Waals surface area contributed by atoms with Crippen LogP contribution in [0.4, 0.5) is 0 Å². The van der Waals surface area contributed by atoms with Crippen LogP contribution in [-0.4, -0.2) is 17.0 Å². The van der Waals surface area contributed by atoms with Gasteiger partial charge in [-0.05, 0) is 35.9 Å². The van der Waals surface area contributed by atoms with Gasteiger partial charge in [0, 0.05) is 9.90 Å². The first-order valence-corrected chi connectivity index (χ1v) is 9.40. The number of quaternary nitrogens is 1. The Morgan fingerprint density at radius 3 is 2.77 bits per heavy atom. The molecule has 4 aromatic rings. The van der Waals surface area contributed by atoms with Crippen molar-refractivity contribution in [2.75, 3.05) is 7.05 Å². The Balaban J connectivity index is 1.61. The smallest absolute Gasteiger partial charge is 0.269 e. The Morgan fingerprint density at radius 2 is 2.04 bits per heavy atom. The predicted octanol–water partition coefficient (Wildman–Crippen LogP) is 3.11. The van der Waals surface area contributed by atoms with Gasteiger partial charge in [-0.3, -0.25) is 4.79 Å². The minimum absolute atomic E-state index is 0.0963. The van der Waals surface area contributed by atoms with Gasteiger partial charge in [-0.15, -0.1) is 11.3 Å². The molecule has 0 radical (unpaired) electrons. The lowest BCUT2D eigenvalue weighted by atomic mass is 10.2. The third-order valence-electron chi connectivity index (χ3n) is 4.09. The Morgan fingerprint density at radius 1 is 1.23 bits per heavy atom. The third kappa shape index (κ3) is 3.58. The second-order valence-electron chi connectivity index (χ2n) is 6.23. The molecule has 132 valence electrons. The van der Waals surface area contributed by atoms with E-state index in [9.17, 15) is 4.79 Å². The lowest BCUT2D eigenvalue weighted by Gasteiger charge is -2.11. The molecular formula is C19H17ClN3O2S+. The van der Waals surface area contributed by atoms with Crippen LogP contribution >= 0.6 is 22.9 Å². The molecule has 3 heterocycles. The molecule has 2 N–H and O–H groups in total. The molecule has 0 saturated carbocycles. The van der Waals surface area contributed by atoms with Crippen molar-refractivity contribution in [3.8, 4) is 10.4 Å². The van der Waals surface area contributed by atoms with Gasteiger partial charge in [0.2, 0.25) is 0 Å². The van der Waals surface area contributed by atoms with Crippen molar-refractivity contribution in [1.82, 2.24) is 9.97 Å². The number of furan rings is 1. The Bertz CT molecular complexity index is 1080.